The Morgan fingerprint density at radius 3 is 2.52 bits per heavy atom. The van der Waals surface area contributed by atoms with Crippen LogP contribution in [0.4, 0.5) is 4.79 Å². The van der Waals surface area contributed by atoms with Crippen molar-refractivity contribution in [2.75, 3.05) is 13.1 Å². The van der Waals surface area contributed by atoms with E-state index in [2.05, 4.69) is 15.7 Å². The lowest BCUT2D eigenvalue weighted by Crippen LogP contribution is -2.50. The van der Waals surface area contributed by atoms with Crippen LogP contribution in [0, 0.1) is 19.3 Å². The number of amides is 1. The van der Waals surface area contributed by atoms with Crippen LogP contribution in [0.2, 0.25) is 0 Å². The highest BCUT2D eigenvalue weighted by atomic mass is 32.1. The Kier molecular flexibility index (Phi) is 6.08. The molecule has 1 aromatic heterocycles. The molecule has 0 saturated carbocycles. The molecule has 0 saturated heterocycles. The number of aromatic nitrogens is 2. The first-order valence-corrected chi connectivity index (χ1v) is 7.61. The van der Waals surface area contributed by atoms with Crippen LogP contribution < -0.4 is 10.6 Å². The number of hydrogen-bond acceptors (Lipinski definition) is 4. The average Bonchev–Trinajstić information content (AvgIpc) is 2.71. The molecule has 0 fully saturated rings. The topological polar surface area (TPSA) is 106 Å². The lowest BCUT2D eigenvalue weighted by Gasteiger charge is -2.33. The fraction of sp³-hybridized carbons (Fsp3) is 0.571. The van der Waals surface area contributed by atoms with Crippen LogP contribution in [0.3, 0.4) is 0 Å². The molecule has 0 atom stereocenters. The van der Waals surface area contributed by atoms with Gasteiger partial charge in [-0.1, -0.05) is 0 Å². The van der Waals surface area contributed by atoms with Gasteiger partial charge in [0.25, 0.3) is 0 Å². The number of hydrogen-bond donors (Lipinski definition) is 4. The molecule has 0 aliphatic rings. The largest absolute Gasteiger partial charge is 0.465 e. The van der Waals surface area contributed by atoms with Gasteiger partial charge in [-0.05, 0) is 52.9 Å². The van der Waals surface area contributed by atoms with Crippen molar-refractivity contribution >= 4 is 29.4 Å². The fourth-order valence-corrected chi connectivity index (χ4v) is 2.26. The summed E-state index contributed by atoms with van der Waals surface area (Å²) in [4.78, 5) is 12.6. The highest BCUT2D eigenvalue weighted by Crippen LogP contribution is 2.12. The molecule has 1 amide bonds. The molecule has 8 nitrogen and oxygen atoms in total. The van der Waals surface area contributed by atoms with Crippen LogP contribution in [0.15, 0.2) is 6.07 Å². The van der Waals surface area contributed by atoms with Crippen molar-refractivity contribution in [1.82, 2.24) is 25.3 Å². The quantitative estimate of drug-likeness (QED) is 0.378. The molecular weight excluding hydrogens is 316 g/mol. The summed E-state index contributed by atoms with van der Waals surface area (Å²) in [7, 11) is 0. The zero-order valence-corrected chi connectivity index (χ0v) is 14.9. The Morgan fingerprint density at radius 2 is 2.09 bits per heavy atom. The lowest BCUT2D eigenvalue weighted by atomic mass is 10.1. The van der Waals surface area contributed by atoms with E-state index in [0.29, 0.717) is 6.54 Å². The highest BCUT2D eigenvalue weighted by Gasteiger charge is 2.25. The molecule has 23 heavy (non-hydrogen) atoms. The molecule has 0 unspecified atom stereocenters. The number of thiocarbonyl (C=S) groups is 1. The van der Waals surface area contributed by atoms with Gasteiger partial charge in [-0.3, -0.25) is 5.41 Å². The molecule has 0 spiro atoms. The molecule has 1 heterocycles. The van der Waals surface area contributed by atoms with Crippen LogP contribution in [0.1, 0.15) is 32.2 Å². The maximum Gasteiger partial charge on any atom is 0.407 e. The summed E-state index contributed by atoms with van der Waals surface area (Å²) in [6.07, 6.45) is -0.978. The van der Waals surface area contributed by atoms with Crippen LogP contribution in [-0.4, -0.2) is 55.6 Å². The number of rotatable bonds is 3. The minimum Gasteiger partial charge on any atom is -0.465 e. The van der Waals surface area contributed by atoms with E-state index in [4.69, 9.17) is 17.6 Å². The molecule has 1 rings (SSSR count). The Bertz CT molecular complexity index is 605. The summed E-state index contributed by atoms with van der Waals surface area (Å²) >= 11 is 5.12. The van der Waals surface area contributed by atoms with E-state index in [9.17, 15) is 9.90 Å². The standard InChI is InChI=1S/C14H24N6O2S/c1-9-8-10(2)20(18-9)11(15)17-12(23)16-6-7-19(13(21)22)14(3,4)5/h8H,6-7H2,1-5H3,(H,21,22)(H3,15,16,17,23). The smallest absolute Gasteiger partial charge is 0.407 e. The molecule has 1 aromatic rings. The summed E-state index contributed by atoms with van der Waals surface area (Å²) in [5.74, 6) is 0.0408. The van der Waals surface area contributed by atoms with E-state index in [0.717, 1.165) is 11.4 Å². The molecule has 4 N–H and O–H groups in total. The molecular formula is C14H24N6O2S. The van der Waals surface area contributed by atoms with E-state index in [1.54, 1.807) is 0 Å². The van der Waals surface area contributed by atoms with Crippen molar-refractivity contribution in [2.24, 2.45) is 0 Å². The number of nitrogens with zero attached hydrogens (tertiary/aromatic N) is 3. The van der Waals surface area contributed by atoms with Gasteiger partial charge < -0.3 is 20.6 Å². The van der Waals surface area contributed by atoms with Gasteiger partial charge in [-0.2, -0.15) is 5.10 Å². The van der Waals surface area contributed by atoms with E-state index in [-0.39, 0.29) is 17.6 Å². The monoisotopic (exact) mass is 340 g/mol. The van der Waals surface area contributed by atoms with Crippen molar-refractivity contribution in [2.45, 2.75) is 40.2 Å². The number of nitrogens with one attached hydrogen (secondary N) is 3. The first-order chi connectivity index (χ1) is 10.5. The van der Waals surface area contributed by atoms with Crippen LogP contribution >= 0.6 is 12.2 Å². The molecule has 128 valence electrons. The van der Waals surface area contributed by atoms with Gasteiger partial charge in [-0.25, -0.2) is 9.48 Å². The summed E-state index contributed by atoms with van der Waals surface area (Å²) in [5.41, 5.74) is 1.15. The second kappa shape index (κ2) is 7.40. The SMILES string of the molecule is Cc1cc(C)n(C(=N)NC(=S)NCCN(C(=O)O)C(C)(C)C)n1. The zero-order valence-electron chi connectivity index (χ0n) is 14.1. The third-order valence-electron chi connectivity index (χ3n) is 3.11. The lowest BCUT2D eigenvalue weighted by molar-refractivity contribution is 0.102. The first kappa shape index (κ1) is 18.9. The Labute approximate surface area is 141 Å². The van der Waals surface area contributed by atoms with E-state index in [1.807, 2.05) is 40.7 Å². The molecule has 9 heteroatoms. The average molecular weight is 340 g/mol. The Morgan fingerprint density at radius 1 is 1.48 bits per heavy atom. The van der Waals surface area contributed by atoms with Crippen molar-refractivity contribution in [3.63, 3.8) is 0 Å². The normalized spacial score (nSPS) is 11.0. The predicted molar refractivity (Wildman–Crippen MR) is 93.0 cm³/mol. The van der Waals surface area contributed by atoms with E-state index in [1.165, 1.54) is 9.58 Å². The molecule has 0 radical (unpaired) electrons. The minimum atomic E-state index is -0.978. The van der Waals surface area contributed by atoms with Crippen molar-refractivity contribution in [3.05, 3.63) is 17.5 Å². The van der Waals surface area contributed by atoms with Crippen molar-refractivity contribution in [3.8, 4) is 0 Å². The van der Waals surface area contributed by atoms with Gasteiger partial charge in [0.15, 0.2) is 5.11 Å². The van der Waals surface area contributed by atoms with Crippen molar-refractivity contribution in [1.29, 1.82) is 5.41 Å². The molecule has 0 aromatic carbocycles. The van der Waals surface area contributed by atoms with Crippen molar-refractivity contribution < 1.29 is 9.90 Å². The predicted octanol–water partition coefficient (Wildman–Crippen LogP) is 1.53. The third kappa shape index (κ3) is 5.51. The summed E-state index contributed by atoms with van der Waals surface area (Å²) < 4.78 is 1.45. The zero-order chi connectivity index (χ0) is 17.8. The number of aryl methyl sites for hydroxylation is 2. The fourth-order valence-electron chi connectivity index (χ4n) is 2.06. The van der Waals surface area contributed by atoms with Gasteiger partial charge in [0.1, 0.15) is 0 Å². The molecule has 0 bridgehead atoms. The van der Waals surface area contributed by atoms with Gasteiger partial charge in [0.05, 0.1) is 5.69 Å². The number of carbonyl (C=O) groups is 1. The molecule has 0 aliphatic carbocycles. The minimum absolute atomic E-state index is 0.0408. The Balaban J connectivity index is 2.50. The van der Waals surface area contributed by atoms with Crippen LogP contribution in [-0.2, 0) is 0 Å². The first-order valence-electron chi connectivity index (χ1n) is 7.20. The molecule has 0 aliphatic heterocycles. The van der Waals surface area contributed by atoms with Gasteiger partial charge in [-0.15, -0.1) is 0 Å². The summed E-state index contributed by atoms with van der Waals surface area (Å²) in [6.45, 7) is 9.82. The Hall–Kier alpha value is -2.16. The van der Waals surface area contributed by atoms with Gasteiger partial charge in [0, 0.05) is 24.3 Å². The maximum atomic E-state index is 11.2. The van der Waals surface area contributed by atoms with E-state index < -0.39 is 11.6 Å². The van der Waals surface area contributed by atoms with Gasteiger partial charge in [0.2, 0.25) is 5.96 Å². The highest BCUT2D eigenvalue weighted by molar-refractivity contribution is 7.80. The van der Waals surface area contributed by atoms with Gasteiger partial charge >= 0.3 is 6.09 Å². The second-order valence-corrected chi connectivity index (χ2v) is 6.58. The maximum absolute atomic E-state index is 11.2. The van der Waals surface area contributed by atoms with Crippen LogP contribution in [0.25, 0.3) is 0 Å². The van der Waals surface area contributed by atoms with Crippen LogP contribution in [0.5, 0.6) is 0 Å². The summed E-state index contributed by atoms with van der Waals surface area (Å²) in [5, 5.41) is 27.2. The summed E-state index contributed by atoms with van der Waals surface area (Å²) in [6, 6.07) is 1.86. The number of carboxylic acid groups (broad SMARTS) is 1. The van der Waals surface area contributed by atoms with E-state index >= 15 is 0 Å². The third-order valence-corrected chi connectivity index (χ3v) is 3.36. The second-order valence-electron chi connectivity index (χ2n) is 6.17.